The predicted molar refractivity (Wildman–Crippen MR) is 80.0 cm³/mol. The fourth-order valence-electron chi connectivity index (χ4n) is 2.16. The second kappa shape index (κ2) is 6.07. The van der Waals surface area contributed by atoms with Crippen LogP contribution < -0.4 is 4.90 Å². The Labute approximate surface area is 120 Å². The van der Waals surface area contributed by atoms with Crippen molar-refractivity contribution < 1.29 is 14.7 Å². The van der Waals surface area contributed by atoms with Crippen molar-refractivity contribution in [3.8, 4) is 0 Å². The summed E-state index contributed by atoms with van der Waals surface area (Å²) >= 11 is 0. The third-order valence-corrected chi connectivity index (χ3v) is 3.15. The summed E-state index contributed by atoms with van der Waals surface area (Å²) in [7, 11) is 0. The van der Waals surface area contributed by atoms with Gasteiger partial charge in [-0.15, -0.1) is 0 Å². The highest BCUT2D eigenvalue weighted by molar-refractivity contribution is 5.98. The molecule has 0 saturated heterocycles. The number of hydrogen-bond donors (Lipinski definition) is 1. The lowest BCUT2D eigenvalue weighted by Gasteiger charge is -2.31. The molecular weight excluding hydrogens is 254 g/mol. The van der Waals surface area contributed by atoms with Crippen LogP contribution in [0.2, 0.25) is 0 Å². The number of amides is 1. The second-order valence-electron chi connectivity index (χ2n) is 6.09. The lowest BCUT2D eigenvalue weighted by atomic mass is 9.93. The molecule has 0 aliphatic carbocycles. The van der Waals surface area contributed by atoms with E-state index in [0.29, 0.717) is 0 Å². The van der Waals surface area contributed by atoms with Crippen LogP contribution in [0.5, 0.6) is 0 Å². The largest absolute Gasteiger partial charge is 0.481 e. The van der Waals surface area contributed by atoms with Crippen LogP contribution in [-0.4, -0.2) is 23.5 Å². The van der Waals surface area contributed by atoms with Gasteiger partial charge in [-0.3, -0.25) is 9.59 Å². The van der Waals surface area contributed by atoms with Crippen LogP contribution in [0.4, 0.5) is 5.69 Å². The molecule has 20 heavy (non-hydrogen) atoms. The summed E-state index contributed by atoms with van der Waals surface area (Å²) in [6.45, 7) is 9.60. The van der Waals surface area contributed by atoms with E-state index in [0.717, 1.165) is 16.8 Å². The summed E-state index contributed by atoms with van der Waals surface area (Å²) in [4.78, 5) is 25.1. The number of rotatable bonds is 4. The minimum absolute atomic E-state index is 0.0591. The first-order chi connectivity index (χ1) is 9.14. The van der Waals surface area contributed by atoms with E-state index in [2.05, 4.69) is 0 Å². The second-order valence-corrected chi connectivity index (χ2v) is 6.09. The summed E-state index contributed by atoms with van der Waals surface area (Å²) in [5, 5.41) is 8.89. The van der Waals surface area contributed by atoms with Crippen LogP contribution in [0.1, 0.15) is 38.3 Å². The van der Waals surface area contributed by atoms with Crippen LogP contribution in [0, 0.1) is 19.3 Å². The predicted octanol–water partition coefficient (Wildman–Crippen LogP) is 3.16. The van der Waals surface area contributed by atoms with Gasteiger partial charge in [-0.1, -0.05) is 39.0 Å². The molecule has 0 radical (unpaired) electrons. The molecule has 0 spiro atoms. The highest BCUT2D eigenvalue weighted by Gasteiger charge is 2.29. The van der Waals surface area contributed by atoms with Gasteiger partial charge in [-0.05, 0) is 25.0 Å². The highest BCUT2D eigenvalue weighted by atomic mass is 16.4. The maximum Gasteiger partial charge on any atom is 0.305 e. The molecule has 0 aromatic heterocycles. The van der Waals surface area contributed by atoms with Crippen LogP contribution in [0.3, 0.4) is 0 Å². The van der Waals surface area contributed by atoms with Crippen LogP contribution in [0.25, 0.3) is 0 Å². The smallest absolute Gasteiger partial charge is 0.305 e. The third-order valence-electron chi connectivity index (χ3n) is 3.15. The van der Waals surface area contributed by atoms with Crippen molar-refractivity contribution in [2.75, 3.05) is 11.4 Å². The Morgan fingerprint density at radius 1 is 1.15 bits per heavy atom. The molecule has 0 saturated carbocycles. The zero-order chi connectivity index (χ0) is 15.5. The molecule has 4 heteroatoms. The van der Waals surface area contributed by atoms with Crippen LogP contribution in [-0.2, 0) is 9.59 Å². The topological polar surface area (TPSA) is 57.6 Å². The van der Waals surface area contributed by atoms with E-state index in [1.165, 1.54) is 0 Å². The fraction of sp³-hybridized carbons (Fsp3) is 0.500. The number of carboxylic acids is 1. The monoisotopic (exact) mass is 277 g/mol. The summed E-state index contributed by atoms with van der Waals surface area (Å²) in [6, 6.07) is 5.81. The van der Waals surface area contributed by atoms with E-state index in [4.69, 9.17) is 5.11 Å². The lowest BCUT2D eigenvalue weighted by Crippen LogP contribution is -2.41. The summed E-state index contributed by atoms with van der Waals surface area (Å²) in [5.41, 5.74) is 2.24. The Hall–Kier alpha value is -1.84. The Morgan fingerprint density at radius 2 is 1.65 bits per heavy atom. The molecule has 0 atom stereocenters. The van der Waals surface area contributed by atoms with Crippen molar-refractivity contribution in [1.29, 1.82) is 0 Å². The Bertz CT molecular complexity index is 495. The van der Waals surface area contributed by atoms with Crippen molar-refractivity contribution >= 4 is 17.6 Å². The maximum absolute atomic E-state index is 12.6. The van der Waals surface area contributed by atoms with Gasteiger partial charge in [-0.25, -0.2) is 0 Å². The number of carbonyl (C=O) groups excluding carboxylic acids is 1. The van der Waals surface area contributed by atoms with Crippen LogP contribution >= 0.6 is 0 Å². The number of nitrogens with zero attached hydrogens (tertiary/aromatic N) is 1. The van der Waals surface area contributed by atoms with Crippen molar-refractivity contribution in [3.63, 3.8) is 0 Å². The highest BCUT2D eigenvalue weighted by Crippen LogP contribution is 2.29. The molecule has 4 nitrogen and oxygen atoms in total. The van der Waals surface area contributed by atoms with Gasteiger partial charge in [0.05, 0.1) is 6.42 Å². The average molecular weight is 277 g/mol. The number of aliphatic carboxylic acids is 1. The summed E-state index contributed by atoms with van der Waals surface area (Å²) in [5.74, 6) is -0.959. The number of aryl methyl sites for hydroxylation is 2. The molecule has 0 aliphatic rings. The van der Waals surface area contributed by atoms with E-state index >= 15 is 0 Å². The number of carbonyl (C=O) groups is 2. The van der Waals surface area contributed by atoms with Gasteiger partial charge in [0.2, 0.25) is 5.91 Å². The van der Waals surface area contributed by atoms with Crippen molar-refractivity contribution in [1.82, 2.24) is 0 Å². The normalized spacial score (nSPS) is 11.2. The lowest BCUT2D eigenvalue weighted by molar-refractivity contribution is -0.136. The molecule has 1 rings (SSSR count). The fourth-order valence-corrected chi connectivity index (χ4v) is 2.16. The Balaban J connectivity index is 3.23. The van der Waals surface area contributed by atoms with Gasteiger partial charge >= 0.3 is 5.97 Å². The molecule has 1 aromatic rings. The van der Waals surface area contributed by atoms with E-state index in [-0.39, 0.29) is 18.9 Å². The molecule has 0 aliphatic heterocycles. The van der Waals surface area contributed by atoms with Gasteiger partial charge in [-0.2, -0.15) is 0 Å². The van der Waals surface area contributed by atoms with Gasteiger partial charge < -0.3 is 10.0 Å². The first-order valence-electron chi connectivity index (χ1n) is 6.74. The number of anilines is 1. The van der Waals surface area contributed by atoms with Gasteiger partial charge in [0.15, 0.2) is 0 Å². The maximum atomic E-state index is 12.6. The Kier molecular flexibility index (Phi) is 4.93. The molecular formula is C16H23NO3. The number of para-hydroxylation sites is 1. The van der Waals surface area contributed by atoms with Crippen molar-refractivity contribution in [2.24, 2.45) is 5.41 Å². The molecule has 0 fully saturated rings. The van der Waals surface area contributed by atoms with Gasteiger partial charge in [0.25, 0.3) is 0 Å². The van der Waals surface area contributed by atoms with Crippen molar-refractivity contribution in [2.45, 2.75) is 41.0 Å². The summed E-state index contributed by atoms with van der Waals surface area (Å²) < 4.78 is 0. The van der Waals surface area contributed by atoms with Gasteiger partial charge in [0.1, 0.15) is 0 Å². The van der Waals surface area contributed by atoms with Gasteiger partial charge in [0, 0.05) is 17.6 Å². The quantitative estimate of drug-likeness (QED) is 0.919. The van der Waals surface area contributed by atoms with E-state index < -0.39 is 11.4 Å². The molecule has 0 heterocycles. The molecule has 110 valence electrons. The SMILES string of the molecule is Cc1cccc(C)c1N(CCC(=O)O)C(=O)C(C)(C)C. The number of hydrogen-bond acceptors (Lipinski definition) is 2. The number of carboxylic acid groups (broad SMARTS) is 1. The minimum atomic E-state index is -0.900. The zero-order valence-corrected chi connectivity index (χ0v) is 12.9. The van der Waals surface area contributed by atoms with E-state index in [1.807, 2.05) is 52.8 Å². The molecule has 1 aromatic carbocycles. The zero-order valence-electron chi connectivity index (χ0n) is 12.9. The first-order valence-corrected chi connectivity index (χ1v) is 6.74. The third kappa shape index (κ3) is 3.83. The summed E-state index contributed by atoms with van der Waals surface area (Å²) in [6.07, 6.45) is -0.0599. The van der Waals surface area contributed by atoms with Crippen molar-refractivity contribution in [3.05, 3.63) is 29.3 Å². The Morgan fingerprint density at radius 3 is 2.05 bits per heavy atom. The van der Waals surface area contributed by atoms with E-state index in [9.17, 15) is 9.59 Å². The van der Waals surface area contributed by atoms with E-state index in [1.54, 1.807) is 4.90 Å². The molecule has 0 bridgehead atoms. The standard InChI is InChI=1S/C16H23NO3/c1-11-7-6-8-12(2)14(11)17(10-9-13(18)19)15(20)16(3,4)5/h6-8H,9-10H2,1-5H3,(H,18,19). The first kappa shape index (κ1) is 16.2. The molecule has 0 unspecified atom stereocenters. The molecule has 1 amide bonds. The molecule has 1 N–H and O–H groups in total. The van der Waals surface area contributed by atoms with Crippen LogP contribution in [0.15, 0.2) is 18.2 Å². The average Bonchev–Trinajstić information content (AvgIpc) is 2.30. The number of benzene rings is 1. The minimum Gasteiger partial charge on any atom is -0.481 e.